The summed E-state index contributed by atoms with van der Waals surface area (Å²) in [4.78, 5) is 29.9. The van der Waals surface area contributed by atoms with Gasteiger partial charge >= 0.3 is 0 Å². The minimum atomic E-state index is -0.110. The van der Waals surface area contributed by atoms with E-state index in [-0.39, 0.29) is 18.4 Å². The van der Waals surface area contributed by atoms with Gasteiger partial charge < -0.3 is 20.9 Å². The fourth-order valence-corrected chi connectivity index (χ4v) is 2.50. The number of rotatable bonds is 6. The van der Waals surface area contributed by atoms with Crippen LogP contribution in [0.25, 0.3) is 0 Å². The summed E-state index contributed by atoms with van der Waals surface area (Å²) >= 11 is 0. The van der Waals surface area contributed by atoms with E-state index in [9.17, 15) is 9.59 Å². The molecular formula is C18H27N5O2. The third-order valence-corrected chi connectivity index (χ3v) is 3.83. The molecule has 0 aliphatic carbocycles. The SMILES string of the molecule is CCCNC(=NCc1ccc(C(=O)N2CCNC(=O)C2)cc1)NCC. The normalized spacial score (nSPS) is 14.9. The zero-order chi connectivity index (χ0) is 18.1. The molecule has 1 aliphatic heterocycles. The van der Waals surface area contributed by atoms with Crippen LogP contribution in [0.15, 0.2) is 29.3 Å². The van der Waals surface area contributed by atoms with Crippen molar-refractivity contribution in [2.45, 2.75) is 26.8 Å². The number of carbonyl (C=O) groups is 2. The highest BCUT2D eigenvalue weighted by Gasteiger charge is 2.21. The summed E-state index contributed by atoms with van der Waals surface area (Å²) in [5.74, 6) is 0.577. The number of nitrogens with zero attached hydrogens (tertiary/aromatic N) is 2. The monoisotopic (exact) mass is 345 g/mol. The lowest BCUT2D eigenvalue weighted by Crippen LogP contribution is -2.49. The zero-order valence-electron chi connectivity index (χ0n) is 15.0. The Kier molecular flexibility index (Phi) is 7.25. The van der Waals surface area contributed by atoms with E-state index in [1.165, 1.54) is 0 Å². The summed E-state index contributed by atoms with van der Waals surface area (Å²) in [5.41, 5.74) is 1.63. The average Bonchev–Trinajstić information content (AvgIpc) is 2.64. The quantitative estimate of drug-likeness (QED) is 0.524. The molecule has 1 saturated heterocycles. The minimum absolute atomic E-state index is 0.108. The highest BCUT2D eigenvalue weighted by molar-refractivity contribution is 5.97. The second kappa shape index (κ2) is 9.66. The predicted molar refractivity (Wildman–Crippen MR) is 98.5 cm³/mol. The van der Waals surface area contributed by atoms with Crippen LogP contribution in [0.5, 0.6) is 0 Å². The molecule has 0 unspecified atom stereocenters. The van der Waals surface area contributed by atoms with Crippen LogP contribution in [-0.2, 0) is 11.3 Å². The first-order chi connectivity index (χ1) is 12.1. The number of benzene rings is 1. The highest BCUT2D eigenvalue weighted by Crippen LogP contribution is 2.09. The van der Waals surface area contributed by atoms with E-state index in [0.29, 0.717) is 25.2 Å². The summed E-state index contributed by atoms with van der Waals surface area (Å²) < 4.78 is 0. The summed E-state index contributed by atoms with van der Waals surface area (Å²) in [6.45, 7) is 7.55. The number of hydrogen-bond acceptors (Lipinski definition) is 3. The van der Waals surface area contributed by atoms with Gasteiger partial charge in [0.15, 0.2) is 5.96 Å². The molecule has 1 heterocycles. The minimum Gasteiger partial charge on any atom is -0.357 e. The Morgan fingerprint density at radius 1 is 1.24 bits per heavy atom. The fourth-order valence-electron chi connectivity index (χ4n) is 2.50. The molecule has 25 heavy (non-hydrogen) atoms. The van der Waals surface area contributed by atoms with Gasteiger partial charge in [-0.3, -0.25) is 9.59 Å². The molecule has 0 radical (unpaired) electrons. The van der Waals surface area contributed by atoms with Crippen molar-refractivity contribution < 1.29 is 9.59 Å². The smallest absolute Gasteiger partial charge is 0.254 e. The number of amides is 2. The van der Waals surface area contributed by atoms with Gasteiger partial charge in [-0.15, -0.1) is 0 Å². The maximum Gasteiger partial charge on any atom is 0.254 e. The van der Waals surface area contributed by atoms with Crippen LogP contribution >= 0.6 is 0 Å². The lowest BCUT2D eigenvalue weighted by Gasteiger charge is -2.26. The van der Waals surface area contributed by atoms with Gasteiger partial charge in [0, 0.05) is 31.7 Å². The van der Waals surface area contributed by atoms with Gasteiger partial charge in [-0.2, -0.15) is 0 Å². The van der Waals surface area contributed by atoms with Crippen molar-refractivity contribution in [3.8, 4) is 0 Å². The van der Waals surface area contributed by atoms with Crippen molar-refractivity contribution in [2.24, 2.45) is 4.99 Å². The average molecular weight is 345 g/mol. The molecule has 1 aromatic carbocycles. The first-order valence-electron chi connectivity index (χ1n) is 8.81. The van der Waals surface area contributed by atoms with Crippen molar-refractivity contribution in [1.82, 2.24) is 20.9 Å². The molecule has 136 valence electrons. The molecule has 0 atom stereocenters. The van der Waals surface area contributed by atoms with Gasteiger partial charge in [-0.25, -0.2) is 4.99 Å². The molecule has 7 heteroatoms. The second-order valence-electron chi connectivity index (χ2n) is 5.90. The van der Waals surface area contributed by atoms with Crippen molar-refractivity contribution in [3.63, 3.8) is 0 Å². The standard InChI is InChI=1S/C18H27N5O2/c1-3-9-21-18(19-4-2)22-12-14-5-7-15(8-6-14)17(25)23-11-10-20-16(24)13-23/h5-8H,3-4,9-13H2,1-2H3,(H,20,24)(H2,19,21,22). The van der Waals surface area contributed by atoms with E-state index >= 15 is 0 Å². The van der Waals surface area contributed by atoms with Crippen molar-refractivity contribution >= 4 is 17.8 Å². The van der Waals surface area contributed by atoms with E-state index in [1.54, 1.807) is 17.0 Å². The number of guanidine groups is 1. The lowest BCUT2D eigenvalue weighted by molar-refractivity contribution is -0.123. The van der Waals surface area contributed by atoms with Gasteiger partial charge in [-0.05, 0) is 31.0 Å². The van der Waals surface area contributed by atoms with Gasteiger partial charge in [0.25, 0.3) is 5.91 Å². The molecule has 7 nitrogen and oxygen atoms in total. The van der Waals surface area contributed by atoms with Gasteiger partial charge in [0.1, 0.15) is 0 Å². The van der Waals surface area contributed by atoms with Gasteiger partial charge in [-0.1, -0.05) is 19.1 Å². The molecule has 1 fully saturated rings. The van der Waals surface area contributed by atoms with Crippen molar-refractivity contribution in [1.29, 1.82) is 0 Å². The summed E-state index contributed by atoms with van der Waals surface area (Å²) in [6, 6.07) is 7.41. The Morgan fingerprint density at radius 3 is 2.64 bits per heavy atom. The summed E-state index contributed by atoms with van der Waals surface area (Å²) in [6.07, 6.45) is 1.04. The van der Waals surface area contributed by atoms with Crippen LogP contribution in [0.3, 0.4) is 0 Å². The van der Waals surface area contributed by atoms with E-state index in [4.69, 9.17) is 0 Å². The second-order valence-corrected chi connectivity index (χ2v) is 5.90. The molecule has 0 aromatic heterocycles. The third-order valence-electron chi connectivity index (χ3n) is 3.83. The number of carbonyl (C=O) groups excluding carboxylic acids is 2. The van der Waals surface area contributed by atoms with Crippen LogP contribution in [0, 0.1) is 0 Å². The maximum absolute atomic E-state index is 12.4. The first kappa shape index (κ1) is 18.8. The van der Waals surface area contributed by atoms with Crippen LogP contribution in [-0.4, -0.2) is 55.4 Å². The molecular weight excluding hydrogens is 318 g/mol. The molecule has 0 bridgehead atoms. The fraction of sp³-hybridized carbons (Fsp3) is 0.500. The molecule has 0 saturated carbocycles. The lowest BCUT2D eigenvalue weighted by atomic mass is 10.1. The Balaban J connectivity index is 1.96. The molecule has 3 N–H and O–H groups in total. The number of hydrogen-bond donors (Lipinski definition) is 3. The van der Waals surface area contributed by atoms with Crippen LogP contribution in [0.4, 0.5) is 0 Å². The van der Waals surface area contributed by atoms with Crippen LogP contribution in [0.2, 0.25) is 0 Å². The summed E-state index contributed by atoms with van der Waals surface area (Å²) in [7, 11) is 0. The Morgan fingerprint density at radius 2 is 2.00 bits per heavy atom. The van der Waals surface area contributed by atoms with Crippen molar-refractivity contribution in [2.75, 3.05) is 32.7 Å². The molecule has 2 amide bonds. The van der Waals surface area contributed by atoms with E-state index in [0.717, 1.165) is 31.0 Å². The Labute approximate surface area is 148 Å². The molecule has 2 rings (SSSR count). The van der Waals surface area contributed by atoms with Crippen LogP contribution in [0.1, 0.15) is 36.2 Å². The molecule has 1 aromatic rings. The van der Waals surface area contributed by atoms with Gasteiger partial charge in [0.05, 0.1) is 13.1 Å². The Bertz CT molecular complexity index is 612. The molecule has 1 aliphatic rings. The number of aliphatic imine (C=N–C) groups is 1. The zero-order valence-corrected chi connectivity index (χ0v) is 15.0. The largest absolute Gasteiger partial charge is 0.357 e. The number of nitrogens with one attached hydrogen (secondary N) is 3. The van der Waals surface area contributed by atoms with E-state index < -0.39 is 0 Å². The summed E-state index contributed by atoms with van der Waals surface area (Å²) in [5, 5.41) is 9.18. The van der Waals surface area contributed by atoms with E-state index in [2.05, 4.69) is 27.9 Å². The number of piperazine rings is 1. The van der Waals surface area contributed by atoms with Crippen molar-refractivity contribution in [3.05, 3.63) is 35.4 Å². The van der Waals surface area contributed by atoms with Gasteiger partial charge in [0.2, 0.25) is 5.91 Å². The Hall–Kier alpha value is -2.57. The van der Waals surface area contributed by atoms with E-state index in [1.807, 2.05) is 19.1 Å². The maximum atomic E-state index is 12.4. The highest BCUT2D eigenvalue weighted by atomic mass is 16.2. The first-order valence-corrected chi connectivity index (χ1v) is 8.81. The predicted octanol–water partition coefficient (Wildman–Crippen LogP) is 0.724. The van der Waals surface area contributed by atoms with Crippen LogP contribution < -0.4 is 16.0 Å². The topological polar surface area (TPSA) is 85.8 Å². The molecule has 0 spiro atoms. The third kappa shape index (κ3) is 5.77.